The quantitative estimate of drug-likeness (QED) is 0.630. The van der Waals surface area contributed by atoms with Gasteiger partial charge >= 0.3 is 0 Å². The van der Waals surface area contributed by atoms with Crippen molar-refractivity contribution in [1.29, 1.82) is 5.41 Å². The second kappa shape index (κ2) is 4.87. The number of benzene rings is 1. The van der Waals surface area contributed by atoms with Gasteiger partial charge in [0.05, 0.1) is 0 Å². The van der Waals surface area contributed by atoms with Crippen molar-refractivity contribution in [3.63, 3.8) is 0 Å². The van der Waals surface area contributed by atoms with Crippen LogP contribution in [-0.4, -0.2) is 10.6 Å². The van der Waals surface area contributed by atoms with Crippen LogP contribution >= 0.6 is 11.8 Å². The number of thioether (sulfide) groups is 1. The first kappa shape index (κ1) is 13.0. The number of hydrogen-bond donors (Lipinski definition) is 2. The summed E-state index contributed by atoms with van der Waals surface area (Å²) in [6, 6.07) is 4.43. The topological polar surface area (TPSA) is 49.9 Å². The van der Waals surface area contributed by atoms with Crippen molar-refractivity contribution in [3.8, 4) is 0 Å². The first-order valence-electron chi connectivity index (χ1n) is 5.06. The maximum Gasteiger partial charge on any atom is 0.123 e. The van der Waals surface area contributed by atoms with Crippen molar-refractivity contribution >= 4 is 17.6 Å². The van der Waals surface area contributed by atoms with Gasteiger partial charge in [0.25, 0.3) is 0 Å². The third kappa shape index (κ3) is 3.85. The van der Waals surface area contributed by atoms with Gasteiger partial charge in [0, 0.05) is 16.1 Å². The minimum Gasteiger partial charge on any atom is -0.384 e. The summed E-state index contributed by atoms with van der Waals surface area (Å²) in [6.45, 7) is 6.36. The molecule has 0 bridgehead atoms. The van der Waals surface area contributed by atoms with Crippen molar-refractivity contribution in [2.24, 2.45) is 5.73 Å². The Bertz CT molecular complexity index is 396. The molecule has 0 aliphatic rings. The Morgan fingerprint density at radius 1 is 1.44 bits per heavy atom. The van der Waals surface area contributed by atoms with Crippen molar-refractivity contribution in [2.45, 2.75) is 31.3 Å². The standard InChI is InChI=1S/C12H17FN2S/c1-12(2,3)16-7-8-4-5-9(13)6-10(8)11(14)15/h4-6H,7H2,1-3H3,(H3,14,15). The SMILES string of the molecule is CC(C)(C)SCc1ccc(F)cc1C(=N)N. The van der Waals surface area contributed by atoms with Gasteiger partial charge in [-0.25, -0.2) is 4.39 Å². The van der Waals surface area contributed by atoms with Crippen LogP contribution in [0.5, 0.6) is 0 Å². The second-order valence-corrected chi connectivity index (χ2v) is 6.42. The molecule has 88 valence electrons. The van der Waals surface area contributed by atoms with Gasteiger partial charge in [0.1, 0.15) is 11.7 Å². The molecular weight excluding hydrogens is 223 g/mol. The Morgan fingerprint density at radius 3 is 2.56 bits per heavy atom. The zero-order chi connectivity index (χ0) is 12.3. The molecule has 0 saturated heterocycles. The molecule has 1 aromatic carbocycles. The molecule has 2 nitrogen and oxygen atoms in total. The fourth-order valence-electron chi connectivity index (χ4n) is 1.22. The van der Waals surface area contributed by atoms with E-state index in [2.05, 4.69) is 20.8 Å². The molecule has 0 unspecified atom stereocenters. The molecule has 0 aliphatic heterocycles. The number of nitrogens with two attached hydrogens (primary N) is 1. The average molecular weight is 240 g/mol. The fraction of sp³-hybridized carbons (Fsp3) is 0.417. The van der Waals surface area contributed by atoms with Crippen LogP contribution in [0.3, 0.4) is 0 Å². The first-order chi connectivity index (χ1) is 7.29. The third-order valence-electron chi connectivity index (χ3n) is 2.02. The minimum absolute atomic E-state index is 0.0796. The zero-order valence-corrected chi connectivity index (χ0v) is 10.6. The zero-order valence-electron chi connectivity index (χ0n) is 9.80. The molecule has 0 saturated carbocycles. The summed E-state index contributed by atoms with van der Waals surface area (Å²) in [7, 11) is 0. The molecule has 0 amide bonds. The van der Waals surface area contributed by atoms with E-state index in [1.54, 1.807) is 17.8 Å². The third-order valence-corrected chi connectivity index (χ3v) is 3.34. The summed E-state index contributed by atoms with van der Waals surface area (Å²) in [6.07, 6.45) is 0. The van der Waals surface area contributed by atoms with E-state index in [-0.39, 0.29) is 16.4 Å². The molecule has 0 aliphatic carbocycles. The predicted molar refractivity (Wildman–Crippen MR) is 68.5 cm³/mol. The normalized spacial score (nSPS) is 11.5. The molecule has 1 rings (SSSR count). The lowest BCUT2D eigenvalue weighted by Crippen LogP contribution is -2.15. The summed E-state index contributed by atoms with van der Waals surface area (Å²) in [4.78, 5) is 0. The highest BCUT2D eigenvalue weighted by molar-refractivity contribution is 7.99. The van der Waals surface area contributed by atoms with Crippen LogP contribution in [0.1, 0.15) is 31.9 Å². The van der Waals surface area contributed by atoms with E-state index in [1.807, 2.05) is 0 Å². The molecule has 4 heteroatoms. The average Bonchev–Trinajstić information content (AvgIpc) is 2.14. The molecule has 0 radical (unpaired) electrons. The van der Waals surface area contributed by atoms with Gasteiger partial charge in [-0.3, -0.25) is 5.41 Å². The van der Waals surface area contributed by atoms with Crippen LogP contribution in [0.4, 0.5) is 4.39 Å². The van der Waals surface area contributed by atoms with Crippen LogP contribution < -0.4 is 5.73 Å². The summed E-state index contributed by atoms with van der Waals surface area (Å²) in [5.41, 5.74) is 6.84. The lowest BCUT2D eigenvalue weighted by molar-refractivity contribution is 0.627. The van der Waals surface area contributed by atoms with Gasteiger partial charge in [-0.05, 0) is 17.7 Å². The van der Waals surface area contributed by atoms with E-state index in [9.17, 15) is 4.39 Å². The highest BCUT2D eigenvalue weighted by Gasteiger charge is 2.13. The molecular formula is C12H17FN2S. The lowest BCUT2D eigenvalue weighted by atomic mass is 10.1. The molecule has 0 heterocycles. The molecule has 0 aromatic heterocycles. The molecule has 0 spiro atoms. The van der Waals surface area contributed by atoms with Crippen molar-refractivity contribution < 1.29 is 4.39 Å². The summed E-state index contributed by atoms with van der Waals surface area (Å²) in [5, 5.41) is 7.41. The maximum atomic E-state index is 13.0. The van der Waals surface area contributed by atoms with Crippen LogP contribution in [0, 0.1) is 11.2 Å². The smallest absolute Gasteiger partial charge is 0.123 e. The van der Waals surface area contributed by atoms with Crippen LogP contribution in [0.2, 0.25) is 0 Å². The molecule has 3 N–H and O–H groups in total. The Kier molecular flexibility index (Phi) is 3.97. The Balaban J connectivity index is 2.91. The number of hydrogen-bond acceptors (Lipinski definition) is 2. The molecule has 0 atom stereocenters. The van der Waals surface area contributed by atoms with Gasteiger partial charge in [-0.1, -0.05) is 26.8 Å². The predicted octanol–water partition coefficient (Wildman–Crippen LogP) is 3.14. The Hall–Kier alpha value is -1.03. The van der Waals surface area contributed by atoms with E-state index in [0.29, 0.717) is 5.56 Å². The minimum atomic E-state index is -0.352. The molecule has 1 aromatic rings. The Labute approximate surface area is 99.9 Å². The summed E-state index contributed by atoms with van der Waals surface area (Å²) in [5.74, 6) is 0.303. The molecule has 16 heavy (non-hydrogen) atoms. The monoisotopic (exact) mass is 240 g/mol. The van der Waals surface area contributed by atoms with Gasteiger partial charge in [0.15, 0.2) is 0 Å². The number of amidine groups is 1. The van der Waals surface area contributed by atoms with E-state index in [1.165, 1.54) is 12.1 Å². The van der Waals surface area contributed by atoms with E-state index < -0.39 is 0 Å². The van der Waals surface area contributed by atoms with Crippen LogP contribution in [0.15, 0.2) is 18.2 Å². The second-order valence-electron chi connectivity index (χ2n) is 4.62. The molecule has 0 fully saturated rings. The number of nitrogen functional groups attached to an aromatic ring is 1. The maximum absolute atomic E-state index is 13.0. The van der Waals surface area contributed by atoms with Gasteiger partial charge in [-0.2, -0.15) is 11.8 Å². The van der Waals surface area contributed by atoms with Gasteiger partial charge in [0.2, 0.25) is 0 Å². The fourth-order valence-corrected chi connectivity index (χ4v) is 2.06. The lowest BCUT2D eigenvalue weighted by Gasteiger charge is -2.18. The van der Waals surface area contributed by atoms with Crippen molar-refractivity contribution in [1.82, 2.24) is 0 Å². The first-order valence-corrected chi connectivity index (χ1v) is 6.05. The number of rotatable bonds is 3. The van der Waals surface area contributed by atoms with Crippen LogP contribution in [-0.2, 0) is 5.75 Å². The van der Waals surface area contributed by atoms with Gasteiger partial charge < -0.3 is 5.73 Å². The highest BCUT2D eigenvalue weighted by Crippen LogP contribution is 2.28. The van der Waals surface area contributed by atoms with E-state index >= 15 is 0 Å². The van der Waals surface area contributed by atoms with Gasteiger partial charge in [-0.15, -0.1) is 0 Å². The summed E-state index contributed by atoms with van der Waals surface area (Å²) < 4.78 is 13.2. The van der Waals surface area contributed by atoms with Crippen molar-refractivity contribution in [3.05, 3.63) is 35.1 Å². The summed E-state index contributed by atoms with van der Waals surface area (Å²) >= 11 is 1.75. The Morgan fingerprint density at radius 2 is 2.06 bits per heavy atom. The number of halogens is 1. The van der Waals surface area contributed by atoms with E-state index in [4.69, 9.17) is 11.1 Å². The van der Waals surface area contributed by atoms with Crippen LogP contribution in [0.25, 0.3) is 0 Å². The highest BCUT2D eigenvalue weighted by atomic mass is 32.2. The van der Waals surface area contributed by atoms with E-state index in [0.717, 1.165) is 11.3 Å². The van der Waals surface area contributed by atoms with Crippen molar-refractivity contribution in [2.75, 3.05) is 0 Å². The largest absolute Gasteiger partial charge is 0.384 e. The number of nitrogens with one attached hydrogen (secondary N) is 1.